The highest BCUT2D eigenvalue weighted by Gasteiger charge is 2.30. The van der Waals surface area contributed by atoms with Gasteiger partial charge in [-0.25, -0.2) is 0 Å². The molecule has 1 N–H and O–H groups in total. The molecule has 1 aromatic rings. The summed E-state index contributed by atoms with van der Waals surface area (Å²) in [5.41, 5.74) is -0.802. The highest BCUT2D eigenvalue weighted by atomic mass is 19.4. The van der Waals surface area contributed by atoms with Crippen molar-refractivity contribution in [1.29, 1.82) is 0 Å². The van der Waals surface area contributed by atoms with E-state index >= 15 is 0 Å². The van der Waals surface area contributed by atoms with Gasteiger partial charge in [0.2, 0.25) is 0 Å². The molecule has 5 heteroatoms. The van der Waals surface area contributed by atoms with Crippen molar-refractivity contribution < 1.29 is 23.0 Å². The molecule has 1 aromatic carbocycles. The van der Waals surface area contributed by atoms with E-state index in [1.165, 1.54) is 19.1 Å². The molecule has 0 heterocycles. The van der Waals surface area contributed by atoms with Crippen LogP contribution in [0.5, 0.6) is 5.75 Å². The summed E-state index contributed by atoms with van der Waals surface area (Å²) in [4.78, 5) is 0. The van der Waals surface area contributed by atoms with Crippen molar-refractivity contribution in [3.05, 3.63) is 29.8 Å². The van der Waals surface area contributed by atoms with Gasteiger partial charge in [-0.2, -0.15) is 13.2 Å². The molecule has 0 aliphatic carbocycles. The number of benzene rings is 1. The largest absolute Gasteiger partial charge is 0.416 e. The third kappa shape index (κ3) is 3.83. The van der Waals surface area contributed by atoms with Crippen LogP contribution in [0.3, 0.4) is 0 Å². The molecule has 0 radical (unpaired) electrons. The van der Waals surface area contributed by atoms with Gasteiger partial charge in [0.05, 0.1) is 5.56 Å². The molecular formula is C11H9F3O2. The molecule has 2 nitrogen and oxygen atoms in total. The lowest BCUT2D eigenvalue weighted by Gasteiger charge is -2.06. The van der Waals surface area contributed by atoms with Gasteiger partial charge in [-0.3, -0.25) is 0 Å². The zero-order valence-corrected chi connectivity index (χ0v) is 8.38. The molecule has 0 aromatic heterocycles. The Morgan fingerprint density at radius 3 is 2.62 bits per heavy atom. The summed E-state index contributed by atoms with van der Waals surface area (Å²) in [6, 6.07) is 4.36. The minimum atomic E-state index is -4.41. The first-order valence-electron chi connectivity index (χ1n) is 4.42. The van der Waals surface area contributed by atoms with E-state index in [4.69, 9.17) is 9.84 Å². The Labute approximate surface area is 90.7 Å². The lowest BCUT2D eigenvalue weighted by molar-refractivity contribution is -0.137. The Bertz CT molecular complexity index is 413. The van der Waals surface area contributed by atoms with E-state index in [9.17, 15) is 13.2 Å². The van der Waals surface area contributed by atoms with Crippen molar-refractivity contribution in [3.8, 4) is 17.8 Å². The van der Waals surface area contributed by atoms with E-state index in [0.29, 0.717) is 0 Å². The van der Waals surface area contributed by atoms with E-state index in [0.717, 1.165) is 12.1 Å². The number of hydrogen-bond acceptors (Lipinski definition) is 2. The summed E-state index contributed by atoms with van der Waals surface area (Å²) in [6.45, 7) is 1.42. The van der Waals surface area contributed by atoms with Crippen LogP contribution in [-0.4, -0.2) is 11.2 Å². The van der Waals surface area contributed by atoms with Gasteiger partial charge in [0.1, 0.15) is 18.0 Å². The molecule has 0 fully saturated rings. The lowest BCUT2D eigenvalue weighted by atomic mass is 10.2. The zero-order chi connectivity index (χ0) is 12.2. The minimum absolute atomic E-state index is 0.0111. The van der Waals surface area contributed by atoms with Crippen LogP contribution in [0, 0.1) is 12.0 Å². The van der Waals surface area contributed by atoms with Crippen molar-refractivity contribution in [1.82, 2.24) is 0 Å². The Balaban J connectivity index is 2.81. The molecule has 0 aliphatic heterocycles. The fraction of sp³-hybridized carbons (Fsp3) is 0.273. The zero-order valence-electron chi connectivity index (χ0n) is 8.38. The van der Waals surface area contributed by atoms with Crippen LogP contribution >= 0.6 is 0 Å². The van der Waals surface area contributed by atoms with Crippen LogP contribution in [0.4, 0.5) is 13.2 Å². The monoisotopic (exact) mass is 230 g/mol. The Hall–Kier alpha value is -1.67. The number of aliphatic hydroxyl groups excluding tert-OH is 1. The quantitative estimate of drug-likeness (QED) is 0.751. The molecule has 0 spiro atoms. The number of halogens is 3. The molecule has 0 saturated heterocycles. The van der Waals surface area contributed by atoms with E-state index in [1.807, 2.05) is 0 Å². The van der Waals surface area contributed by atoms with Crippen molar-refractivity contribution in [2.45, 2.75) is 19.2 Å². The second-order valence-electron chi connectivity index (χ2n) is 3.05. The first kappa shape index (κ1) is 12.4. The SMILES string of the molecule is CC(O)C#COc1cccc(C(F)(F)F)c1. The summed E-state index contributed by atoms with van der Waals surface area (Å²) in [6.07, 6.45) is -3.18. The topological polar surface area (TPSA) is 29.5 Å². The summed E-state index contributed by atoms with van der Waals surface area (Å²) < 4.78 is 41.6. The highest BCUT2D eigenvalue weighted by Crippen LogP contribution is 2.31. The van der Waals surface area contributed by atoms with Crippen molar-refractivity contribution in [3.63, 3.8) is 0 Å². The second kappa shape index (κ2) is 4.90. The first-order valence-corrected chi connectivity index (χ1v) is 4.42. The van der Waals surface area contributed by atoms with Gasteiger partial charge < -0.3 is 9.84 Å². The Morgan fingerprint density at radius 1 is 1.38 bits per heavy atom. The number of hydrogen-bond donors (Lipinski definition) is 1. The van der Waals surface area contributed by atoms with Gasteiger partial charge in [0, 0.05) is 0 Å². The molecule has 0 amide bonds. The average molecular weight is 230 g/mol. The number of aliphatic hydroxyl groups is 1. The fourth-order valence-electron chi connectivity index (χ4n) is 0.910. The van der Waals surface area contributed by atoms with Gasteiger partial charge in [-0.15, -0.1) is 0 Å². The van der Waals surface area contributed by atoms with Crippen molar-refractivity contribution in [2.75, 3.05) is 0 Å². The maximum Gasteiger partial charge on any atom is 0.416 e. The first-order chi connectivity index (χ1) is 7.39. The molecule has 86 valence electrons. The third-order valence-electron chi connectivity index (χ3n) is 1.60. The van der Waals surface area contributed by atoms with Gasteiger partial charge in [0.15, 0.2) is 0 Å². The third-order valence-corrected chi connectivity index (χ3v) is 1.60. The van der Waals surface area contributed by atoms with Crippen LogP contribution in [-0.2, 0) is 6.18 Å². The van der Waals surface area contributed by atoms with Gasteiger partial charge in [-0.05, 0) is 31.0 Å². The normalized spacial score (nSPS) is 12.6. The van der Waals surface area contributed by atoms with Crippen LogP contribution in [0.25, 0.3) is 0 Å². The maximum absolute atomic E-state index is 12.3. The summed E-state index contributed by atoms with van der Waals surface area (Å²) in [5.74, 6) is 2.24. The predicted octanol–water partition coefficient (Wildman–Crippen LogP) is 2.43. The molecular weight excluding hydrogens is 221 g/mol. The molecule has 1 rings (SSSR count). The van der Waals surface area contributed by atoms with E-state index in [2.05, 4.69) is 12.0 Å². The molecule has 0 aliphatic rings. The molecule has 0 bridgehead atoms. The van der Waals surface area contributed by atoms with Gasteiger partial charge >= 0.3 is 6.18 Å². The van der Waals surface area contributed by atoms with Crippen LogP contribution < -0.4 is 4.74 Å². The van der Waals surface area contributed by atoms with Gasteiger partial charge in [-0.1, -0.05) is 6.07 Å². The number of alkyl halides is 3. The summed E-state index contributed by atoms with van der Waals surface area (Å²) in [7, 11) is 0. The lowest BCUT2D eigenvalue weighted by Crippen LogP contribution is -2.04. The maximum atomic E-state index is 12.3. The standard InChI is InChI=1S/C11H9F3O2/c1-8(15)5-6-16-10-4-2-3-9(7-10)11(12,13)14/h2-4,7-8,15H,1H3. The van der Waals surface area contributed by atoms with Crippen molar-refractivity contribution >= 4 is 0 Å². The van der Waals surface area contributed by atoms with Crippen molar-refractivity contribution in [2.24, 2.45) is 0 Å². The Kier molecular flexibility index (Phi) is 3.80. The molecule has 0 saturated carbocycles. The van der Waals surface area contributed by atoms with Crippen LogP contribution in [0.1, 0.15) is 12.5 Å². The second-order valence-corrected chi connectivity index (χ2v) is 3.05. The molecule has 1 atom stereocenters. The predicted molar refractivity (Wildman–Crippen MR) is 51.5 cm³/mol. The molecule has 16 heavy (non-hydrogen) atoms. The highest BCUT2D eigenvalue weighted by molar-refractivity contribution is 5.31. The van der Waals surface area contributed by atoms with E-state index in [1.54, 1.807) is 0 Å². The summed E-state index contributed by atoms with van der Waals surface area (Å²) in [5, 5.41) is 8.78. The van der Waals surface area contributed by atoms with Crippen LogP contribution in [0.15, 0.2) is 24.3 Å². The summed E-state index contributed by atoms with van der Waals surface area (Å²) >= 11 is 0. The minimum Gasteiger partial charge on any atom is -0.407 e. The van der Waals surface area contributed by atoms with Gasteiger partial charge in [0.25, 0.3) is 0 Å². The smallest absolute Gasteiger partial charge is 0.407 e. The molecule has 1 unspecified atom stereocenters. The Morgan fingerprint density at radius 2 is 2.06 bits per heavy atom. The number of rotatable bonds is 1. The average Bonchev–Trinajstić information content (AvgIpc) is 2.16. The van der Waals surface area contributed by atoms with E-state index < -0.39 is 17.8 Å². The van der Waals surface area contributed by atoms with E-state index in [-0.39, 0.29) is 5.75 Å². The number of ether oxygens (including phenoxy) is 1. The fourth-order valence-corrected chi connectivity index (χ4v) is 0.910. The van der Waals surface area contributed by atoms with Crippen LogP contribution in [0.2, 0.25) is 0 Å².